The molecular formula is C24H48O8Sm. The van der Waals surface area contributed by atoms with Crippen molar-refractivity contribution in [1.82, 2.24) is 0 Å². The van der Waals surface area contributed by atoms with E-state index < -0.39 is 29.3 Å². The van der Waals surface area contributed by atoms with Crippen LogP contribution >= 0.6 is 0 Å². The van der Waals surface area contributed by atoms with Crippen molar-refractivity contribution >= 4 is 23.9 Å². The van der Waals surface area contributed by atoms with Gasteiger partial charge in [0.05, 0.1) is 17.3 Å². The van der Waals surface area contributed by atoms with Crippen molar-refractivity contribution in [2.75, 3.05) is 0 Å². The smallest absolute Gasteiger partial charge is 0.309 e. The predicted molar refractivity (Wildman–Crippen MR) is 127 cm³/mol. The van der Waals surface area contributed by atoms with Gasteiger partial charge in [0, 0.05) is 46.8 Å². The molecule has 0 bridgehead atoms. The van der Waals surface area contributed by atoms with Gasteiger partial charge in [0.1, 0.15) is 0 Å². The van der Waals surface area contributed by atoms with E-state index in [1.807, 2.05) is 55.4 Å². The second-order valence-corrected chi connectivity index (χ2v) is 7.49. The summed E-state index contributed by atoms with van der Waals surface area (Å²) in [7, 11) is 0. The Morgan fingerprint density at radius 2 is 0.879 bits per heavy atom. The van der Waals surface area contributed by atoms with E-state index in [-0.39, 0.29) is 52.2 Å². The molecule has 4 N–H and O–H groups in total. The summed E-state index contributed by atoms with van der Waals surface area (Å²) in [5.41, 5.74) is -0.458. The second-order valence-electron chi connectivity index (χ2n) is 7.49. The fourth-order valence-corrected chi connectivity index (χ4v) is 2.69. The topological polar surface area (TPSA) is 149 Å². The standard InChI is InChI=1S/C8H16O2.2C6H12O2.C4H8O2.Sm/c1-4-8(5-2,6-3)7(9)10;2*1-3-5(4-2)6(7)8;1-2-3-4(5)6;/h4-6H2,1-3H3,(H,9,10);2*5H,3-4H2,1-2H3,(H,7,8);2-3H2,1H3,(H,5,6);. The van der Waals surface area contributed by atoms with E-state index in [1.165, 1.54) is 0 Å². The van der Waals surface area contributed by atoms with Crippen LogP contribution in [0.15, 0.2) is 0 Å². The minimum absolute atomic E-state index is 0. The van der Waals surface area contributed by atoms with Crippen LogP contribution in [0.5, 0.6) is 0 Å². The first-order valence-electron chi connectivity index (χ1n) is 11.7. The van der Waals surface area contributed by atoms with E-state index in [1.54, 1.807) is 0 Å². The molecule has 0 radical (unpaired) electrons. The molecule has 0 aliphatic rings. The Kier molecular flexibility index (Phi) is 35.3. The van der Waals surface area contributed by atoms with Gasteiger partial charge < -0.3 is 20.4 Å². The van der Waals surface area contributed by atoms with Crippen LogP contribution in [0.4, 0.5) is 0 Å². The number of hydrogen-bond acceptors (Lipinski definition) is 4. The van der Waals surface area contributed by atoms with Gasteiger partial charge in [-0.15, -0.1) is 0 Å². The molecule has 8 nitrogen and oxygen atoms in total. The minimum atomic E-state index is -0.711. The maximum atomic E-state index is 10.7. The van der Waals surface area contributed by atoms with Crippen LogP contribution in [0.2, 0.25) is 0 Å². The molecule has 0 aliphatic heterocycles. The molecule has 0 aromatic carbocycles. The zero-order chi connectivity index (χ0) is 26.3. The maximum Gasteiger partial charge on any atom is 0.309 e. The Balaban J connectivity index is -0.000000106. The molecule has 0 aliphatic carbocycles. The molecule has 0 amide bonds. The van der Waals surface area contributed by atoms with Gasteiger partial charge in [-0.1, -0.05) is 55.4 Å². The van der Waals surface area contributed by atoms with Crippen LogP contribution in [0.25, 0.3) is 0 Å². The van der Waals surface area contributed by atoms with E-state index in [2.05, 4.69) is 0 Å². The third-order valence-corrected chi connectivity index (χ3v) is 5.62. The molecule has 0 aromatic heterocycles. The Bertz CT molecular complexity index is 466. The average Bonchev–Trinajstić information content (AvgIpc) is 2.72. The van der Waals surface area contributed by atoms with Gasteiger partial charge in [0.25, 0.3) is 0 Å². The number of rotatable bonds is 12. The summed E-state index contributed by atoms with van der Waals surface area (Å²) in [5, 5.41) is 33.5. The fourth-order valence-electron chi connectivity index (χ4n) is 2.69. The van der Waals surface area contributed by atoms with Crippen LogP contribution in [-0.2, 0) is 19.2 Å². The Morgan fingerprint density at radius 3 is 0.879 bits per heavy atom. The van der Waals surface area contributed by atoms with Crippen LogP contribution < -0.4 is 0 Å². The molecule has 198 valence electrons. The van der Waals surface area contributed by atoms with Crippen molar-refractivity contribution in [2.45, 2.75) is 113 Å². The third kappa shape index (κ3) is 24.2. The molecule has 0 aromatic rings. The molecule has 0 spiro atoms. The summed E-state index contributed by atoms with van der Waals surface area (Å²) in [6.07, 6.45) is 6.19. The van der Waals surface area contributed by atoms with E-state index in [4.69, 9.17) is 20.4 Å². The maximum absolute atomic E-state index is 10.7. The summed E-state index contributed by atoms with van der Waals surface area (Å²) in [4.78, 5) is 40.6. The number of carboxylic acid groups (broad SMARTS) is 4. The predicted octanol–water partition coefficient (Wildman–Crippen LogP) is 6.17. The fraction of sp³-hybridized carbons (Fsp3) is 0.833. The van der Waals surface area contributed by atoms with E-state index in [0.717, 1.165) is 51.4 Å². The summed E-state index contributed by atoms with van der Waals surface area (Å²) >= 11 is 0. The molecule has 0 unspecified atom stereocenters. The minimum Gasteiger partial charge on any atom is -0.481 e. The molecule has 0 saturated carbocycles. The van der Waals surface area contributed by atoms with Crippen molar-refractivity contribution < 1.29 is 80.0 Å². The van der Waals surface area contributed by atoms with Crippen LogP contribution in [0, 0.1) is 57.6 Å². The molecule has 0 fully saturated rings. The van der Waals surface area contributed by atoms with Crippen molar-refractivity contribution in [2.24, 2.45) is 17.3 Å². The van der Waals surface area contributed by atoms with Crippen molar-refractivity contribution in [3.05, 3.63) is 0 Å². The first-order valence-corrected chi connectivity index (χ1v) is 11.7. The monoisotopic (exact) mass is 616 g/mol. The quantitative estimate of drug-likeness (QED) is 0.204. The molecule has 0 atom stereocenters. The number of aliphatic carboxylic acids is 4. The van der Waals surface area contributed by atoms with Crippen LogP contribution in [0.3, 0.4) is 0 Å². The molecule has 0 rings (SSSR count). The van der Waals surface area contributed by atoms with Gasteiger partial charge >= 0.3 is 23.9 Å². The molecule has 0 heterocycles. The summed E-state index contributed by atoms with van der Waals surface area (Å²) in [6.45, 7) is 15.2. The normalized spacial score (nSPS) is 9.76. The van der Waals surface area contributed by atoms with Gasteiger partial charge in [-0.3, -0.25) is 19.2 Å². The summed E-state index contributed by atoms with van der Waals surface area (Å²) < 4.78 is 0. The van der Waals surface area contributed by atoms with E-state index in [9.17, 15) is 19.2 Å². The SMILES string of the molecule is CCC(CC)(CC)C(=O)O.CCC(CC)C(=O)O.CCC(CC)C(=O)O.CCCC(=O)O.[Sm]. The number of carbonyl (C=O) groups is 4. The second kappa shape index (κ2) is 27.5. The Morgan fingerprint density at radius 1 is 0.606 bits per heavy atom. The van der Waals surface area contributed by atoms with Crippen LogP contribution in [0.1, 0.15) is 113 Å². The summed E-state index contributed by atoms with van der Waals surface area (Å²) in [5.74, 6) is -2.97. The van der Waals surface area contributed by atoms with Crippen LogP contribution in [-0.4, -0.2) is 44.3 Å². The largest absolute Gasteiger partial charge is 0.481 e. The van der Waals surface area contributed by atoms with Gasteiger partial charge in [-0.05, 0) is 51.4 Å². The Hall–Kier alpha value is -0.782. The zero-order valence-electron chi connectivity index (χ0n) is 21.8. The summed E-state index contributed by atoms with van der Waals surface area (Å²) in [6, 6.07) is 0. The number of hydrogen-bond donors (Lipinski definition) is 4. The molecular weight excluding hydrogens is 567 g/mol. The van der Waals surface area contributed by atoms with Gasteiger partial charge in [0.2, 0.25) is 0 Å². The first kappa shape index (κ1) is 42.4. The number of carboxylic acids is 4. The van der Waals surface area contributed by atoms with Gasteiger partial charge in [-0.25, -0.2) is 0 Å². The molecule has 0 saturated heterocycles. The first-order chi connectivity index (χ1) is 14.8. The average molecular weight is 615 g/mol. The third-order valence-electron chi connectivity index (χ3n) is 5.62. The van der Waals surface area contributed by atoms with Crippen molar-refractivity contribution in [3.8, 4) is 0 Å². The van der Waals surface area contributed by atoms with Crippen molar-refractivity contribution in [3.63, 3.8) is 0 Å². The Labute approximate surface area is 233 Å². The van der Waals surface area contributed by atoms with Gasteiger partial charge in [-0.2, -0.15) is 0 Å². The van der Waals surface area contributed by atoms with Crippen molar-refractivity contribution in [1.29, 1.82) is 0 Å². The zero-order valence-corrected chi connectivity index (χ0v) is 24.5. The molecule has 33 heavy (non-hydrogen) atoms. The van der Waals surface area contributed by atoms with E-state index >= 15 is 0 Å². The van der Waals surface area contributed by atoms with Gasteiger partial charge in [0.15, 0.2) is 0 Å². The van der Waals surface area contributed by atoms with E-state index in [0.29, 0.717) is 6.42 Å². The molecule has 9 heteroatoms.